The van der Waals surface area contributed by atoms with E-state index in [1.807, 2.05) is 25.2 Å². The number of hydrogen-bond donors (Lipinski definition) is 2. The van der Waals surface area contributed by atoms with Crippen LogP contribution in [-0.2, 0) is 0 Å². The Morgan fingerprint density at radius 3 is 2.68 bits per heavy atom. The predicted octanol–water partition coefficient (Wildman–Crippen LogP) is 2.80. The second kappa shape index (κ2) is 10.3. The molecule has 0 saturated carbocycles. The predicted molar refractivity (Wildman–Crippen MR) is 106 cm³/mol. The molecule has 0 aliphatic carbocycles. The lowest BCUT2D eigenvalue weighted by Gasteiger charge is -2.33. The van der Waals surface area contributed by atoms with Crippen LogP contribution in [0, 0.1) is 6.92 Å². The molecular weight excluding hydrogens is 312 g/mol. The maximum absolute atomic E-state index is 6.02. The molecule has 1 fully saturated rings. The fourth-order valence-electron chi connectivity index (χ4n) is 3.19. The molecule has 2 N–H and O–H groups in total. The van der Waals surface area contributed by atoms with Crippen LogP contribution in [-0.4, -0.2) is 56.2 Å². The van der Waals surface area contributed by atoms with Crippen molar-refractivity contribution in [1.29, 1.82) is 0 Å². The molecule has 0 aromatic heterocycles. The molecule has 1 aliphatic rings. The molecule has 1 aromatic carbocycles. The zero-order valence-corrected chi connectivity index (χ0v) is 16.2. The van der Waals surface area contributed by atoms with Crippen LogP contribution < -0.4 is 15.4 Å². The lowest BCUT2D eigenvalue weighted by atomic mass is 10.1. The van der Waals surface area contributed by atoms with E-state index in [9.17, 15) is 0 Å². The van der Waals surface area contributed by atoms with Crippen LogP contribution in [0.5, 0.6) is 5.75 Å². The highest BCUT2D eigenvalue weighted by Gasteiger charge is 2.19. The monoisotopic (exact) mass is 346 g/mol. The molecule has 2 rings (SSSR count). The minimum absolute atomic E-state index is 0.0750. The summed E-state index contributed by atoms with van der Waals surface area (Å²) >= 11 is 0. The minimum atomic E-state index is 0.0750. The third-order valence-electron chi connectivity index (χ3n) is 4.67. The quantitative estimate of drug-likeness (QED) is 0.589. The van der Waals surface area contributed by atoms with Crippen LogP contribution in [0.3, 0.4) is 0 Å². The van der Waals surface area contributed by atoms with Gasteiger partial charge in [0.1, 0.15) is 11.9 Å². The largest absolute Gasteiger partial charge is 0.489 e. The maximum atomic E-state index is 6.02. The Morgan fingerprint density at radius 1 is 1.32 bits per heavy atom. The van der Waals surface area contributed by atoms with Crippen LogP contribution in [0.2, 0.25) is 0 Å². The number of nitrogens with zero attached hydrogens (tertiary/aromatic N) is 2. The molecule has 5 nitrogen and oxygen atoms in total. The first-order chi connectivity index (χ1) is 12.1. The van der Waals surface area contributed by atoms with Crippen molar-refractivity contribution >= 4 is 5.96 Å². The number of ether oxygens (including phenoxy) is 1. The number of piperidine rings is 1. The van der Waals surface area contributed by atoms with E-state index in [-0.39, 0.29) is 6.10 Å². The van der Waals surface area contributed by atoms with Crippen LogP contribution in [0.1, 0.15) is 38.7 Å². The second-order valence-electron chi connectivity index (χ2n) is 6.91. The first-order valence-electron chi connectivity index (χ1n) is 9.54. The molecule has 1 aromatic rings. The van der Waals surface area contributed by atoms with Crippen molar-refractivity contribution in [2.45, 2.75) is 52.2 Å². The van der Waals surface area contributed by atoms with Crippen molar-refractivity contribution < 1.29 is 4.74 Å². The summed E-state index contributed by atoms with van der Waals surface area (Å²) in [6.07, 6.45) is 3.66. The number of aliphatic imine (C=N–C) groups is 1. The molecule has 25 heavy (non-hydrogen) atoms. The van der Waals surface area contributed by atoms with Gasteiger partial charge < -0.3 is 20.3 Å². The molecule has 0 spiro atoms. The smallest absolute Gasteiger partial charge is 0.191 e. The summed E-state index contributed by atoms with van der Waals surface area (Å²) in [5.41, 5.74) is 1.16. The van der Waals surface area contributed by atoms with Crippen LogP contribution in [0.15, 0.2) is 29.3 Å². The standard InChI is InChI=1S/C20H34N4O/c1-5-12-24-13-10-18(11-14-24)23-20(21-4)22-15-17(3)25-19-9-7-6-8-16(19)2/h6-9,17-18H,5,10-15H2,1-4H3,(H2,21,22,23). The fourth-order valence-corrected chi connectivity index (χ4v) is 3.19. The first-order valence-corrected chi connectivity index (χ1v) is 9.54. The van der Waals surface area contributed by atoms with Crippen molar-refractivity contribution in [1.82, 2.24) is 15.5 Å². The van der Waals surface area contributed by atoms with Crippen LogP contribution >= 0.6 is 0 Å². The van der Waals surface area contributed by atoms with E-state index in [0.29, 0.717) is 6.04 Å². The van der Waals surface area contributed by atoms with Gasteiger partial charge in [-0.25, -0.2) is 0 Å². The Balaban J connectivity index is 1.72. The normalized spacial score (nSPS) is 18.0. The van der Waals surface area contributed by atoms with Crippen molar-refractivity contribution in [3.63, 3.8) is 0 Å². The van der Waals surface area contributed by atoms with E-state index < -0.39 is 0 Å². The van der Waals surface area contributed by atoms with Gasteiger partial charge in [-0.15, -0.1) is 0 Å². The summed E-state index contributed by atoms with van der Waals surface area (Å²) in [5.74, 6) is 1.82. The van der Waals surface area contributed by atoms with E-state index in [4.69, 9.17) is 4.74 Å². The fraction of sp³-hybridized carbons (Fsp3) is 0.650. The van der Waals surface area contributed by atoms with Gasteiger partial charge in [0.15, 0.2) is 5.96 Å². The van der Waals surface area contributed by atoms with Gasteiger partial charge in [0.2, 0.25) is 0 Å². The van der Waals surface area contributed by atoms with Gasteiger partial charge in [0.25, 0.3) is 0 Å². The summed E-state index contributed by atoms with van der Waals surface area (Å²) in [5, 5.41) is 6.95. The van der Waals surface area contributed by atoms with Crippen molar-refractivity contribution in [3.05, 3.63) is 29.8 Å². The van der Waals surface area contributed by atoms with Crippen molar-refractivity contribution in [3.8, 4) is 5.75 Å². The molecule has 140 valence electrons. The Morgan fingerprint density at radius 2 is 2.04 bits per heavy atom. The van der Waals surface area contributed by atoms with Crippen LogP contribution in [0.25, 0.3) is 0 Å². The third-order valence-corrected chi connectivity index (χ3v) is 4.67. The Labute approximate surface area is 152 Å². The molecule has 1 atom stereocenters. The Bertz CT molecular complexity index is 538. The molecule has 0 radical (unpaired) electrons. The molecule has 1 saturated heterocycles. The van der Waals surface area contributed by atoms with E-state index in [0.717, 1.165) is 23.8 Å². The minimum Gasteiger partial charge on any atom is -0.489 e. The van der Waals surface area contributed by atoms with Gasteiger partial charge >= 0.3 is 0 Å². The lowest BCUT2D eigenvalue weighted by Crippen LogP contribution is -2.50. The second-order valence-corrected chi connectivity index (χ2v) is 6.91. The SMILES string of the molecule is CCCN1CCC(NC(=NC)NCC(C)Oc2ccccc2C)CC1. The number of likely N-dealkylation sites (tertiary alicyclic amines) is 1. The van der Waals surface area contributed by atoms with Gasteiger partial charge in [0.05, 0.1) is 6.54 Å². The van der Waals surface area contributed by atoms with E-state index in [2.05, 4.69) is 47.4 Å². The highest BCUT2D eigenvalue weighted by Crippen LogP contribution is 2.17. The summed E-state index contributed by atoms with van der Waals surface area (Å²) in [4.78, 5) is 6.91. The van der Waals surface area contributed by atoms with Gasteiger partial charge in [-0.1, -0.05) is 25.1 Å². The van der Waals surface area contributed by atoms with E-state index in [1.54, 1.807) is 0 Å². The average molecular weight is 347 g/mol. The first kappa shape index (κ1) is 19.6. The number of guanidine groups is 1. The summed E-state index contributed by atoms with van der Waals surface area (Å²) in [6, 6.07) is 8.63. The molecular formula is C20H34N4O. The van der Waals surface area contributed by atoms with Crippen LogP contribution in [0.4, 0.5) is 0 Å². The third kappa shape index (κ3) is 6.58. The zero-order valence-electron chi connectivity index (χ0n) is 16.2. The Kier molecular flexibility index (Phi) is 8.06. The lowest BCUT2D eigenvalue weighted by molar-refractivity contribution is 0.205. The van der Waals surface area contributed by atoms with Crippen molar-refractivity contribution in [2.75, 3.05) is 33.2 Å². The number of nitrogens with one attached hydrogen (secondary N) is 2. The Hall–Kier alpha value is -1.75. The van der Waals surface area contributed by atoms with E-state index in [1.165, 1.54) is 38.9 Å². The summed E-state index contributed by atoms with van der Waals surface area (Å²) < 4.78 is 6.02. The maximum Gasteiger partial charge on any atom is 0.191 e. The number of hydrogen-bond acceptors (Lipinski definition) is 3. The highest BCUT2D eigenvalue weighted by molar-refractivity contribution is 5.80. The number of aryl methyl sites for hydroxylation is 1. The molecule has 0 bridgehead atoms. The number of para-hydroxylation sites is 1. The zero-order chi connectivity index (χ0) is 18.1. The molecule has 0 amide bonds. The average Bonchev–Trinajstić information content (AvgIpc) is 2.62. The summed E-state index contributed by atoms with van der Waals surface area (Å²) in [6.45, 7) is 10.7. The molecule has 1 aliphatic heterocycles. The molecule has 5 heteroatoms. The van der Waals surface area contributed by atoms with Gasteiger partial charge in [-0.2, -0.15) is 0 Å². The number of rotatable bonds is 7. The molecule has 1 heterocycles. The van der Waals surface area contributed by atoms with E-state index >= 15 is 0 Å². The van der Waals surface area contributed by atoms with Gasteiger partial charge in [-0.3, -0.25) is 4.99 Å². The van der Waals surface area contributed by atoms with Gasteiger partial charge in [0, 0.05) is 26.2 Å². The summed E-state index contributed by atoms with van der Waals surface area (Å²) in [7, 11) is 1.83. The topological polar surface area (TPSA) is 48.9 Å². The number of benzene rings is 1. The molecule has 1 unspecified atom stereocenters. The van der Waals surface area contributed by atoms with Gasteiger partial charge in [-0.05, 0) is 51.3 Å². The highest BCUT2D eigenvalue weighted by atomic mass is 16.5. The van der Waals surface area contributed by atoms with Crippen molar-refractivity contribution in [2.24, 2.45) is 4.99 Å².